The third-order valence-electron chi connectivity index (χ3n) is 3.37. The summed E-state index contributed by atoms with van der Waals surface area (Å²) >= 11 is 0. The number of β-amino-alcohol motifs (C(OH)–C–C–N with tert-alkyl or cyclic N) is 1. The topological polar surface area (TPSA) is 115 Å². The number of para-hydroxylation sites is 1. The molecule has 8 nitrogen and oxygen atoms in total. The van der Waals surface area contributed by atoms with Crippen molar-refractivity contribution in [3.63, 3.8) is 0 Å². The van der Waals surface area contributed by atoms with Crippen LogP contribution in [0.25, 0.3) is 0 Å². The second-order valence-electron chi connectivity index (χ2n) is 6.23. The average Bonchev–Trinajstić information content (AvgIpc) is 2.64. The first kappa shape index (κ1) is 21.9. The molecule has 144 valence electrons. The van der Waals surface area contributed by atoms with E-state index in [9.17, 15) is 5.11 Å². The summed E-state index contributed by atoms with van der Waals surface area (Å²) < 4.78 is 11.1. The number of nitrogen functional groups attached to an aromatic ring is 1. The van der Waals surface area contributed by atoms with Crippen LogP contribution in [0.5, 0.6) is 11.6 Å². The Hall–Kier alpha value is -2.13. The number of hydrogen-bond donors (Lipinski definition) is 4. The largest absolute Gasteiger partial charge is 0.491 e. The van der Waals surface area contributed by atoms with Crippen LogP contribution in [0.2, 0.25) is 0 Å². The quantitative estimate of drug-likeness (QED) is 0.359. The maximum atomic E-state index is 10.0. The van der Waals surface area contributed by atoms with Crippen LogP contribution < -0.4 is 26.1 Å². The smallest absolute Gasteiger partial charge is 0.233 e. The number of ether oxygens (including phenoxy) is 2. The molecular weight excluding hydrogens is 358 g/mol. The van der Waals surface area contributed by atoms with E-state index in [-0.39, 0.29) is 24.6 Å². The van der Waals surface area contributed by atoms with Crippen molar-refractivity contribution < 1.29 is 14.6 Å². The van der Waals surface area contributed by atoms with E-state index < -0.39 is 6.10 Å². The molecule has 0 aliphatic rings. The highest BCUT2D eigenvalue weighted by molar-refractivity contribution is 5.85. The van der Waals surface area contributed by atoms with Crippen LogP contribution >= 0.6 is 12.4 Å². The van der Waals surface area contributed by atoms with Gasteiger partial charge in [-0.2, -0.15) is 0 Å². The number of hydrazine groups is 1. The second kappa shape index (κ2) is 10.8. The summed E-state index contributed by atoms with van der Waals surface area (Å²) in [6, 6.07) is 12.7. The molecule has 0 radical (unpaired) electrons. The van der Waals surface area contributed by atoms with Gasteiger partial charge in [0, 0.05) is 18.2 Å². The summed E-state index contributed by atoms with van der Waals surface area (Å²) in [4.78, 5) is 0. The van der Waals surface area contributed by atoms with Crippen LogP contribution in [0.3, 0.4) is 0 Å². The number of halogens is 1. The van der Waals surface area contributed by atoms with Crippen LogP contribution in [0, 0.1) is 0 Å². The van der Waals surface area contributed by atoms with Gasteiger partial charge in [0.25, 0.3) is 0 Å². The van der Waals surface area contributed by atoms with Crippen molar-refractivity contribution in [1.29, 1.82) is 0 Å². The molecule has 1 aromatic carbocycles. The molecule has 1 atom stereocenters. The number of benzene rings is 1. The molecule has 0 spiro atoms. The Labute approximate surface area is 159 Å². The fourth-order valence-electron chi connectivity index (χ4n) is 1.94. The van der Waals surface area contributed by atoms with Crippen molar-refractivity contribution in [3.05, 3.63) is 42.5 Å². The van der Waals surface area contributed by atoms with E-state index in [4.69, 9.17) is 15.3 Å². The first-order chi connectivity index (χ1) is 12.0. The van der Waals surface area contributed by atoms with Crippen molar-refractivity contribution >= 4 is 18.2 Å². The number of nitrogens with two attached hydrogens (primary N) is 1. The zero-order valence-corrected chi connectivity index (χ0v) is 15.7. The predicted molar refractivity (Wildman–Crippen MR) is 103 cm³/mol. The van der Waals surface area contributed by atoms with Crippen molar-refractivity contribution in [2.24, 2.45) is 5.84 Å². The lowest BCUT2D eigenvalue weighted by atomic mass is 10.1. The van der Waals surface area contributed by atoms with Gasteiger partial charge in [0.1, 0.15) is 25.1 Å². The van der Waals surface area contributed by atoms with E-state index in [2.05, 4.69) is 20.9 Å². The molecule has 9 heteroatoms. The molecule has 0 bridgehead atoms. The molecule has 2 rings (SSSR count). The summed E-state index contributed by atoms with van der Waals surface area (Å²) in [5, 5.41) is 21.0. The number of anilines is 1. The van der Waals surface area contributed by atoms with E-state index >= 15 is 0 Å². The Bertz CT molecular complexity index is 628. The Kier molecular flexibility index (Phi) is 9.08. The molecule has 0 aliphatic carbocycles. The molecule has 0 aliphatic heterocycles. The highest BCUT2D eigenvalue weighted by Crippen LogP contribution is 2.11. The van der Waals surface area contributed by atoms with E-state index in [1.54, 1.807) is 12.1 Å². The molecule has 0 saturated carbocycles. The number of aliphatic hydroxyl groups is 1. The van der Waals surface area contributed by atoms with E-state index in [0.29, 0.717) is 24.8 Å². The van der Waals surface area contributed by atoms with Crippen molar-refractivity contribution in [2.75, 3.05) is 25.2 Å². The number of aliphatic hydroxyl groups excluding tert-OH is 1. The van der Waals surface area contributed by atoms with Gasteiger partial charge in [-0.1, -0.05) is 18.2 Å². The van der Waals surface area contributed by atoms with Crippen LogP contribution in [-0.2, 0) is 0 Å². The minimum atomic E-state index is -0.630. The highest BCUT2D eigenvalue weighted by Gasteiger charge is 2.20. The van der Waals surface area contributed by atoms with E-state index in [0.717, 1.165) is 5.75 Å². The highest BCUT2D eigenvalue weighted by atomic mass is 35.5. The van der Waals surface area contributed by atoms with Gasteiger partial charge in [0.05, 0.1) is 0 Å². The Balaban J connectivity index is 0.00000338. The Morgan fingerprint density at radius 1 is 1.12 bits per heavy atom. The third kappa shape index (κ3) is 7.83. The number of nitrogens with zero attached hydrogens (tertiary/aromatic N) is 2. The zero-order chi connectivity index (χ0) is 18.1. The maximum absolute atomic E-state index is 10.0. The molecule has 5 N–H and O–H groups in total. The molecule has 0 fully saturated rings. The summed E-state index contributed by atoms with van der Waals surface area (Å²) in [6.45, 7) is 4.91. The lowest BCUT2D eigenvalue weighted by Crippen LogP contribution is -2.48. The number of aromatic nitrogens is 2. The van der Waals surface area contributed by atoms with E-state index in [1.807, 2.05) is 44.2 Å². The molecule has 0 saturated heterocycles. The SMILES string of the molecule is CC(C)(COc1ccc(NN)nn1)NCC(O)COc1ccccc1.Cl. The first-order valence-corrected chi connectivity index (χ1v) is 8.02. The third-order valence-corrected chi connectivity index (χ3v) is 3.37. The van der Waals surface area contributed by atoms with Gasteiger partial charge >= 0.3 is 0 Å². The summed E-state index contributed by atoms with van der Waals surface area (Å²) in [5.74, 6) is 6.84. The molecule has 0 amide bonds. The predicted octanol–water partition coefficient (Wildman–Crippen LogP) is 1.37. The maximum Gasteiger partial charge on any atom is 0.233 e. The Morgan fingerprint density at radius 2 is 1.85 bits per heavy atom. The molecule has 26 heavy (non-hydrogen) atoms. The van der Waals surface area contributed by atoms with Crippen LogP contribution in [-0.4, -0.2) is 46.7 Å². The summed E-state index contributed by atoms with van der Waals surface area (Å²) in [6.07, 6.45) is -0.630. The number of rotatable bonds is 10. The van der Waals surface area contributed by atoms with Gasteiger partial charge < -0.3 is 25.3 Å². The molecule has 1 unspecified atom stereocenters. The van der Waals surface area contributed by atoms with Crippen LogP contribution in [0.4, 0.5) is 5.82 Å². The molecular formula is C17H26ClN5O3. The summed E-state index contributed by atoms with van der Waals surface area (Å²) in [5.41, 5.74) is 2.04. The molecule has 1 heterocycles. The summed E-state index contributed by atoms with van der Waals surface area (Å²) in [7, 11) is 0. The number of nitrogens with one attached hydrogen (secondary N) is 2. The minimum absolute atomic E-state index is 0. The first-order valence-electron chi connectivity index (χ1n) is 8.02. The fourth-order valence-corrected chi connectivity index (χ4v) is 1.94. The van der Waals surface area contributed by atoms with Crippen molar-refractivity contribution in [3.8, 4) is 11.6 Å². The normalized spacial score (nSPS) is 12.0. The van der Waals surface area contributed by atoms with Gasteiger partial charge in [-0.05, 0) is 32.0 Å². The molecule has 2 aromatic rings. The monoisotopic (exact) mass is 383 g/mol. The van der Waals surface area contributed by atoms with Crippen molar-refractivity contribution in [2.45, 2.75) is 25.5 Å². The lowest BCUT2D eigenvalue weighted by molar-refractivity contribution is 0.0923. The standard InChI is InChI=1S/C17H25N5O3.ClH/c1-17(2,12-25-16-9-8-15(20-18)21-22-16)19-10-13(23)11-24-14-6-4-3-5-7-14;/h3-9,13,19,23H,10-12,18H2,1-2H3,(H,20,21);1H. The fraction of sp³-hybridized carbons (Fsp3) is 0.412. The van der Waals surface area contributed by atoms with Crippen molar-refractivity contribution in [1.82, 2.24) is 15.5 Å². The Morgan fingerprint density at radius 3 is 2.46 bits per heavy atom. The van der Waals surface area contributed by atoms with E-state index in [1.165, 1.54) is 0 Å². The van der Waals surface area contributed by atoms with Crippen LogP contribution in [0.1, 0.15) is 13.8 Å². The van der Waals surface area contributed by atoms with Gasteiger partial charge in [-0.25, -0.2) is 5.84 Å². The second-order valence-corrected chi connectivity index (χ2v) is 6.23. The van der Waals surface area contributed by atoms with Gasteiger partial charge in [0.15, 0.2) is 5.82 Å². The average molecular weight is 384 g/mol. The van der Waals surface area contributed by atoms with Crippen LogP contribution in [0.15, 0.2) is 42.5 Å². The number of hydrogen-bond acceptors (Lipinski definition) is 8. The minimum Gasteiger partial charge on any atom is -0.491 e. The lowest BCUT2D eigenvalue weighted by Gasteiger charge is -2.27. The van der Waals surface area contributed by atoms with Gasteiger partial charge in [0.2, 0.25) is 5.88 Å². The zero-order valence-electron chi connectivity index (χ0n) is 14.9. The molecule has 1 aromatic heterocycles. The van der Waals surface area contributed by atoms with Gasteiger partial charge in [-0.3, -0.25) is 0 Å². The van der Waals surface area contributed by atoms with Gasteiger partial charge in [-0.15, -0.1) is 22.6 Å².